The molecule has 0 aliphatic carbocycles. The first-order valence-electron chi connectivity index (χ1n) is 8.32. The highest BCUT2D eigenvalue weighted by Gasteiger charge is 2.33. The van der Waals surface area contributed by atoms with Crippen LogP contribution in [0.5, 0.6) is 5.75 Å². The number of esters is 1. The molecule has 7 nitrogen and oxygen atoms in total. The van der Waals surface area contributed by atoms with E-state index in [9.17, 15) is 27.6 Å². The van der Waals surface area contributed by atoms with Crippen LogP contribution < -0.4 is 15.4 Å². The number of para-hydroxylation sites is 2. The summed E-state index contributed by atoms with van der Waals surface area (Å²) < 4.78 is 48.4. The maximum Gasteiger partial charge on any atom is 0.418 e. The lowest BCUT2D eigenvalue weighted by atomic mass is 10.1. The van der Waals surface area contributed by atoms with E-state index in [4.69, 9.17) is 4.74 Å². The van der Waals surface area contributed by atoms with Crippen LogP contribution in [0.4, 0.5) is 18.9 Å². The quantitative estimate of drug-likeness (QED) is 0.652. The van der Waals surface area contributed by atoms with Crippen molar-refractivity contribution in [3.8, 4) is 5.75 Å². The number of hydrogen-bond acceptors (Lipinski definition) is 5. The van der Waals surface area contributed by atoms with Crippen molar-refractivity contribution in [1.82, 2.24) is 5.32 Å². The highest BCUT2D eigenvalue weighted by atomic mass is 19.4. The maximum atomic E-state index is 12.9. The number of hydrogen-bond donors (Lipinski definition) is 2. The molecular formula is C19H17F3N2O5. The fraction of sp³-hybridized carbons (Fsp3) is 0.211. The van der Waals surface area contributed by atoms with Crippen LogP contribution in [0.3, 0.4) is 0 Å². The Morgan fingerprint density at radius 3 is 2.21 bits per heavy atom. The Hall–Kier alpha value is -3.56. The average Bonchev–Trinajstić information content (AvgIpc) is 2.69. The standard InChI is InChI=1S/C19H17F3N2O5/c20-19(21,22)14-8-4-5-9-15(14)24-17(26)12-29-18(27)10-23-16(25)11-28-13-6-2-1-3-7-13/h1-9H,10-12H2,(H,23,25)(H,24,26). The Morgan fingerprint density at radius 2 is 1.52 bits per heavy atom. The van der Waals surface area contributed by atoms with E-state index in [2.05, 4.69) is 10.1 Å². The number of carbonyl (C=O) groups excluding carboxylic acids is 3. The molecule has 2 rings (SSSR count). The molecule has 10 heteroatoms. The SMILES string of the molecule is O=C(COc1ccccc1)NCC(=O)OCC(=O)Nc1ccccc1C(F)(F)F. The number of anilines is 1. The Kier molecular flexibility index (Phi) is 7.58. The van der Waals surface area contributed by atoms with Gasteiger partial charge < -0.3 is 20.1 Å². The first kappa shape index (κ1) is 21.7. The van der Waals surface area contributed by atoms with Gasteiger partial charge >= 0.3 is 12.1 Å². The van der Waals surface area contributed by atoms with Gasteiger partial charge in [-0.3, -0.25) is 14.4 Å². The van der Waals surface area contributed by atoms with Crippen LogP contribution in [0.1, 0.15) is 5.56 Å². The minimum Gasteiger partial charge on any atom is -0.484 e. The summed E-state index contributed by atoms with van der Waals surface area (Å²) in [6.45, 7) is -1.66. The lowest BCUT2D eigenvalue weighted by molar-refractivity contribution is -0.147. The van der Waals surface area contributed by atoms with E-state index in [1.807, 2.05) is 5.32 Å². The van der Waals surface area contributed by atoms with Crippen molar-refractivity contribution in [2.75, 3.05) is 25.1 Å². The number of alkyl halides is 3. The Bertz CT molecular complexity index is 856. The normalized spacial score (nSPS) is 10.7. The Balaban J connectivity index is 1.71. The summed E-state index contributed by atoms with van der Waals surface area (Å²) in [5, 5.41) is 4.27. The van der Waals surface area contributed by atoms with Crippen molar-refractivity contribution in [3.63, 3.8) is 0 Å². The molecule has 0 heterocycles. The number of rotatable bonds is 8. The molecule has 0 fully saturated rings. The molecule has 0 radical (unpaired) electrons. The minimum absolute atomic E-state index is 0.327. The third kappa shape index (κ3) is 7.53. The zero-order chi connectivity index (χ0) is 21.3. The largest absolute Gasteiger partial charge is 0.484 e. The van der Waals surface area contributed by atoms with Gasteiger partial charge in [-0.15, -0.1) is 0 Å². The molecule has 0 aliphatic heterocycles. The van der Waals surface area contributed by atoms with E-state index < -0.39 is 48.4 Å². The van der Waals surface area contributed by atoms with Gasteiger partial charge in [0.2, 0.25) is 0 Å². The molecule has 0 saturated carbocycles. The van der Waals surface area contributed by atoms with Gasteiger partial charge in [-0.2, -0.15) is 13.2 Å². The van der Waals surface area contributed by atoms with Gasteiger partial charge in [0.05, 0.1) is 11.3 Å². The van der Waals surface area contributed by atoms with Crippen molar-refractivity contribution >= 4 is 23.5 Å². The van der Waals surface area contributed by atoms with Crippen molar-refractivity contribution in [2.24, 2.45) is 0 Å². The molecule has 0 spiro atoms. The summed E-state index contributed by atoms with van der Waals surface area (Å²) in [5.41, 5.74) is -1.47. The number of carbonyl (C=O) groups is 3. The lowest BCUT2D eigenvalue weighted by Crippen LogP contribution is -2.35. The number of amides is 2. The van der Waals surface area contributed by atoms with E-state index in [0.29, 0.717) is 5.75 Å². The van der Waals surface area contributed by atoms with Crippen molar-refractivity contribution in [1.29, 1.82) is 0 Å². The molecule has 0 bridgehead atoms. The molecule has 29 heavy (non-hydrogen) atoms. The topological polar surface area (TPSA) is 93.7 Å². The van der Waals surface area contributed by atoms with E-state index in [1.165, 1.54) is 12.1 Å². The predicted octanol–water partition coefficient (Wildman–Crippen LogP) is 2.38. The molecular weight excluding hydrogens is 393 g/mol. The average molecular weight is 410 g/mol. The molecule has 2 N–H and O–H groups in total. The molecule has 0 atom stereocenters. The fourth-order valence-electron chi connectivity index (χ4n) is 2.11. The number of ether oxygens (including phenoxy) is 2. The zero-order valence-corrected chi connectivity index (χ0v) is 15.0. The summed E-state index contributed by atoms with van der Waals surface area (Å²) in [6.07, 6.45) is -4.65. The number of halogens is 3. The molecule has 0 unspecified atom stereocenters. The van der Waals surface area contributed by atoms with Crippen LogP contribution in [0.15, 0.2) is 54.6 Å². The predicted molar refractivity (Wildman–Crippen MR) is 96.0 cm³/mol. The van der Waals surface area contributed by atoms with Crippen molar-refractivity contribution < 1.29 is 37.0 Å². The first-order valence-corrected chi connectivity index (χ1v) is 8.32. The van der Waals surface area contributed by atoms with E-state index in [-0.39, 0.29) is 6.61 Å². The Labute approximate surface area is 163 Å². The summed E-state index contributed by atoms with van der Waals surface area (Å²) in [5.74, 6) is -2.00. The van der Waals surface area contributed by atoms with Gasteiger partial charge in [0.15, 0.2) is 13.2 Å². The number of nitrogens with one attached hydrogen (secondary N) is 2. The fourth-order valence-corrected chi connectivity index (χ4v) is 2.11. The summed E-state index contributed by atoms with van der Waals surface area (Å²) in [7, 11) is 0. The van der Waals surface area contributed by atoms with E-state index in [0.717, 1.165) is 12.1 Å². The van der Waals surface area contributed by atoms with Crippen LogP contribution in [0.2, 0.25) is 0 Å². The first-order chi connectivity index (χ1) is 13.8. The van der Waals surface area contributed by atoms with Crippen LogP contribution in [-0.4, -0.2) is 37.5 Å². The second kappa shape index (κ2) is 10.1. The molecule has 0 aromatic heterocycles. The molecule has 2 aromatic rings. The highest BCUT2D eigenvalue weighted by molar-refractivity contribution is 5.94. The van der Waals surface area contributed by atoms with Gasteiger partial charge in [0, 0.05) is 0 Å². The molecule has 2 aromatic carbocycles. The van der Waals surface area contributed by atoms with Gasteiger partial charge in [0.1, 0.15) is 12.3 Å². The van der Waals surface area contributed by atoms with Gasteiger partial charge in [-0.05, 0) is 24.3 Å². The number of benzene rings is 2. The molecule has 2 amide bonds. The minimum atomic E-state index is -4.65. The second-order valence-electron chi connectivity index (χ2n) is 5.63. The second-order valence-corrected chi connectivity index (χ2v) is 5.63. The van der Waals surface area contributed by atoms with Gasteiger partial charge in [-0.25, -0.2) is 0 Å². The summed E-state index contributed by atoms with van der Waals surface area (Å²) in [4.78, 5) is 34.9. The van der Waals surface area contributed by atoms with Crippen LogP contribution in [0.25, 0.3) is 0 Å². The molecule has 0 saturated heterocycles. The smallest absolute Gasteiger partial charge is 0.418 e. The third-order valence-corrected chi connectivity index (χ3v) is 3.41. The van der Waals surface area contributed by atoms with Gasteiger partial charge in [-0.1, -0.05) is 30.3 Å². The highest BCUT2D eigenvalue weighted by Crippen LogP contribution is 2.34. The zero-order valence-electron chi connectivity index (χ0n) is 15.0. The van der Waals surface area contributed by atoms with Crippen LogP contribution >= 0.6 is 0 Å². The van der Waals surface area contributed by atoms with E-state index in [1.54, 1.807) is 30.3 Å². The van der Waals surface area contributed by atoms with Crippen LogP contribution in [-0.2, 0) is 25.3 Å². The third-order valence-electron chi connectivity index (χ3n) is 3.41. The molecule has 154 valence electrons. The summed E-state index contributed by atoms with van der Waals surface area (Å²) in [6, 6.07) is 12.9. The Morgan fingerprint density at radius 1 is 0.862 bits per heavy atom. The van der Waals surface area contributed by atoms with Crippen molar-refractivity contribution in [2.45, 2.75) is 6.18 Å². The van der Waals surface area contributed by atoms with Crippen LogP contribution in [0, 0.1) is 0 Å². The summed E-state index contributed by atoms with van der Waals surface area (Å²) >= 11 is 0. The monoisotopic (exact) mass is 410 g/mol. The van der Waals surface area contributed by atoms with Gasteiger partial charge in [0.25, 0.3) is 11.8 Å². The molecule has 0 aliphatic rings. The van der Waals surface area contributed by atoms with Crippen molar-refractivity contribution in [3.05, 3.63) is 60.2 Å². The lowest BCUT2D eigenvalue weighted by Gasteiger charge is -2.13. The maximum absolute atomic E-state index is 12.9. The van der Waals surface area contributed by atoms with E-state index >= 15 is 0 Å².